The number of piperidine rings is 1. The highest BCUT2D eigenvalue weighted by atomic mass is 19.4. The number of Topliss-reactive ketones (excluding diaryl/α,β-unsaturated/α-hetero) is 1. The first kappa shape index (κ1) is 40.5. The van der Waals surface area contributed by atoms with Crippen molar-refractivity contribution in [2.75, 3.05) is 25.1 Å². The number of anilines is 1. The molecule has 7 rings (SSSR count). The molecule has 4 aromatic rings. The second kappa shape index (κ2) is 15.2. The van der Waals surface area contributed by atoms with Gasteiger partial charge in [0.2, 0.25) is 11.8 Å². The summed E-state index contributed by atoms with van der Waals surface area (Å²) in [7, 11) is 0. The molecule has 3 aliphatic rings. The quantitative estimate of drug-likeness (QED) is 0.180. The SMILES string of the molecule is CC(=O)c1nn2c3c(cc(-c4cnc(C)nc4)cc13)CN(C(=O)OC(C)(C)C)CC/C=C\COC[C@@]13C[C@@H](C(=O)Nc4nc(C(F)(F)F)ccc4C)N(C(=O)C2)[C@@H]1C3. The lowest BCUT2D eigenvalue weighted by molar-refractivity contribution is -0.141. The van der Waals surface area contributed by atoms with Gasteiger partial charge in [-0.1, -0.05) is 18.2 Å². The number of hydrogen-bond donors (Lipinski definition) is 1. The molecule has 306 valence electrons. The molecule has 2 bridgehead atoms. The van der Waals surface area contributed by atoms with E-state index in [-0.39, 0.29) is 50.0 Å². The van der Waals surface area contributed by atoms with Crippen LogP contribution in [0.4, 0.5) is 23.8 Å². The first-order valence-electron chi connectivity index (χ1n) is 19.0. The van der Waals surface area contributed by atoms with Gasteiger partial charge in [-0.2, -0.15) is 18.3 Å². The zero-order valence-electron chi connectivity index (χ0n) is 33.1. The molecule has 3 atom stereocenters. The van der Waals surface area contributed by atoms with Crippen LogP contribution in [0.1, 0.15) is 80.1 Å². The van der Waals surface area contributed by atoms with Gasteiger partial charge in [0.1, 0.15) is 41.2 Å². The number of hydrogen-bond acceptors (Lipinski definition) is 10. The molecule has 1 saturated carbocycles. The summed E-state index contributed by atoms with van der Waals surface area (Å²) in [6, 6.07) is 4.24. The maximum atomic E-state index is 14.6. The number of ketones is 1. The molecule has 1 N–H and O–H groups in total. The maximum Gasteiger partial charge on any atom is 0.433 e. The van der Waals surface area contributed by atoms with Crippen molar-refractivity contribution in [2.24, 2.45) is 5.41 Å². The molecule has 14 nitrogen and oxygen atoms in total. The normalized spacial score (nSPS) is 22.0. The van der Waals surface area contributed by atoms with Crippen molar-refractivity contribution < 1.29 is 41.8 Å². The lowest BCUT2D eigenvalue weighted by Crippen LogP contribution is -2.47. The summed E-state index contributed by atoms with van der Waals surface area (Å²) in [5.74, 6) is -1.23. The number of amides is 3. The van der Waals surface area contributed by atoms with Crippen molar-refractivity contribution in [3.8, 4) is 11.1 Å². The molecule has 17 heteroatoms. The third-order valence-corrected chi connectivity index (χ3v) is 10.6. The van der Waals surface area contributed by atoms with Crippen LogP contribution in [0.3, 0.4) is 0 Å². The van der Waals surface area contributed by atoms with E-state index in [1.54, 1.807) is 51.1 Å². The molecule has 5 heterocycles. The van der Waals surface area contributed by atoms with Gasteiger partial charge in [0.15, 0.2) is 5.78 Å². The molecule has 58 heavy (non-hydrogen) atoms. The van der Waals surface area contributed by atoms with E-state index in [0.717, 1.165) is 6.07 Å². The minimum atomic E-state index is -4.73. The van der Waals surface area contributed by atoms with Crippen LogP contribution in [0.5, 0.6) is 0 Å². The van der Waals surface area contributed by atoms with Gasteiger partial charge in [0.05, 0.1) is 25.3 Å². The second-order valence-electron chi connectivity index (χ2n) is 16.2. The molecule has 0 unspecified atom stereocenters. The summed E-state index contributed by atoms with van der Waals surface area (Å²) in [6.45, 7) is 10.3. The molecule has 3 aromatic heterocycles. The molecular formula is C41H45F3N8O6. The third kappa shape index (κ3) is 8.31. The fourth-order valence-corrected chi connectivity index (χ4v) is 7.76. The van der Waals surface area contributed by atoms with Gasteiger partial charge in [-0.05, 0) is 88.8 Å². The fraction of sp³-hybridized carbons (Fsp3) is 0.463. The van der Waals surface area contributed by atoms with Crippen molar-refractivity contribution >= 4 is 40.4 Å². The van der Waals surface area contributed by atoms with Crippen molar-refractivity contribution in [3.63, 3.8) is 0 Å². The van der Waals surface area contributed by atoms with Crippen LogP contribution in [0.25, 0.3) is 22.0 Å². The summed E-state index contributed by atoms with van der Waals surface area (Å²) < 4.78 is 54.0. The molecule has 2 aliphatic heterocycles. The van der Waals surface area contributed by atoms with E-state index in [1.807, 2.05) is 18.2 Å². The molecule has 0 radical (unpaired) electrons. The van der Waals surface area contributed by atoms with Gasteiger partial charge in [-0.15, -0.1) is 0 Å². The number of aryl methyl sites for hydroxylation is 2. The monoisotopic (exact) mass is 802 g/mol. The van der Waals surface area contributed by atoms with Gasteiger partial charge in [-0.3, -0.25) is 19.1 Å². The smallest absolute Gasteiger partial charge is 0.433 e. The Morgan fingerprint density at radius 2 is 1.74 bits per heavy atom. The Kier molecular flexibility index (Phi) is 10.6. The number of benzene rings is 1. The Bertz CT molecular complexity index is 2320. The average molecular weight is 803 g/mol. The third-order valence-electron chi connectivity index (χ3n) is 10.6. The minimum absolute atomic E-state index is 0.0113. The van der Waals surface area contributed by atoms with E-state index in [1.165, 1.54) is 29.5 Å². The Labute approximate surface area is 332 Å². The number of aromatic nitrogens is 5. The maximum absolute atomic E-state index is 14.6. The van der Waals surface area contributed by atoms with Crippen molar-refractivity contribution in [3.05, 3.63) is 77.2 Å². The number of carbonyl (C=O) groups is 4. The topological polar surface area (TPSA) is 162 Å². The first-order valence-corrected chi connectivity index (χ1v) is 19.0. The minimum Gasteiger partial charge on any atom is -0.444 e. The standard InChI is InChI=1S/C41H45F3N8O6/c1-23-10-11-31(41(42,43)44)47-36(23)48-37(55)30-16-40-17-32(40)52(30)33(54)21-51-35-27(20-50(38(56)58-39(4,5)6)12-8-7-9-13-57-22-40)14-26(28-18-45-25(3)46-19-28)15-29(35)34(49-51)24(2)53/h7,9-11,14-15,18-19,30,32H,8,12-13,16-17,20-22H2,1-6H3,(H,47,48,55)/b9-7-/t30-,32+,40-/m0/s1. The molecule has 0 spiro atoms. The van der Waals surface area contributed by atoms with E-state index >= 15 is 0 Å². The molecule has 1 saturated heterocycles. The Morgan fingerprint density at radius 1 is 1.00 bits per heavy atom. The van der Waals surface area contributed by atoms with Gasteiger partial charge in [0.25, 0.3) is 0 Å². The number of halogens is 3. The highest BCUT2D eigenvalue weighted by molar-refractivity contribution is 6.07. The predicted octanol–water partition coefficient (Wildman–Crippen LogP) is 6.44. The average Bonchev–Trinajstić information content (AvgIpc) is 3.54. The van der Waals surface area contributed by atoms with Gasteiger partial charge >= 0.3 is 12.3 Å². The van der Waals surface area contributed by atoms with Crippen LogP contribution in [0.2, 0.25) is 0 Å². The molecule has 1 aliphatic carbocycles. The number of nitrogens with zero attached hydrogens (tertiary/aromatic N) is 7. The summed E-state index contributed by atoms with van der Waals surface area (Å²) in [5, 5.41) is 7.67. The number of rotatable bonds is 4. The van der Waals surface area contributed by atoms with Gasteiger partial charge in [0, 0.05) is 48.3 Å². The highest BCUT2D eigenvalue weighted by Gasteiger charge is 2.67. The first-order chi connectivity index (χ1) is 27.3. The second-order valence-corrected chi connectivity index (χ2v) is 16.2. The molecular weight excluding hydrogens is 757 g/mol. The van der Waals surface area contributed by atoms with Crippen molar-refractivity contribution in [1.29, 1.82) is 0 Å². The zero-order chi connectivity index (χ0) is 41.7. The highest BCUT2D eigenvalue weighted by Crippen LogP contribution is 2.60. The van der Waals surface area contributed by atoms with E-state index < -0.39 is 59.4 Å². The number of carbonyl (C=O) groups excluding carboxylic acids is 4. The van der Waals surface area contributed by atoms with Gasteiger partial charge < -0.3 is 24.6 Å². The molecule has 2 fully saturated rings. The largest absolute Gasteiger partial charge is 0.444 e. The zero-order valence-corrected chi connectivity index (χ0v) is 33.1. The summed E-state index contributed by atoms with van der Waals surface area (Å²) in [5.41, 5.74) is 0.189. The van der Waals surface area contributed by atoms with E-state index in [4.69, 9.17) is 9.47 Å². The van der Waals surface area contributed by atoms with Crippen molar-refractivity contribution in [1.82, 2.24) is 34.5 Å². The molecule has 3 amide bonds. The van der Waals surface area contributed by atoms with E-state index in [0.29, 0.717) is 51.8 Å². The van der Waals surface area contributed by atoms with Crippen molar-refractivity contribution in [2.45, 2.75) is 97.8 Å². The number of pyridine rings is 1. The fourth-order valence-electron chi connectivity index (χ4n) is 7.76. The lowest BCUT2D eigenvalue weighted by Gasteiger charge is -2.28. The summed E-state index contributed by atoms with van der Waals surface area (Å²) >= 11 is 0. The van der Waals surface area contributed by atoms with Crippen LogP contribution in [-0.4, -0.2) is 95.7 Å². The predicted molar refractivity (Wildman–Crippen MR) is 205 cm³/mol. The van der Waals surface area contributed by atoms with Crippen LogP contribution < -0.4 is 5.32 Å². The number of nitrogens with one attached hydrogen (secondary N) is 1. The number of alkyl halides is 3. The Hall–Kier alpha value is -5.71. The van der Waals surface area contributed by atoms with E-state index in [2.05, 4.69) is 25.4 Å². The van der Waals surface area contributed by atoms with Crippen LogP contribution >= 0.6 is 0 Å². The Morgan fingerprint density at radius 3 is 2.43 bits per heavy atom. The van der Waals surface area contributed by atoms with Gasteiger partial charge in [-0.25, -0.2) is 19.7 Å². The Balaban J connectivity index is 1.32. The summed E-state index contributed by atoms with van der Waals surface area (Å²) in [6.07, 6.45) is 2.99. The summed E-state index contributed by atoms with van der Waals surface area (Å²) in [4.78, 5) is 71.0. The lowest BCUT2D eigenvalue weighted by atomic mass is 9.99. The number of ether oxygens (including phenoxy) is 2. The van der Waals surface area contributed by atoms with Crippen LogP contribution in [0.15, 0.2) is 48.8 Å². The molecule has 1 aromatic carbocycles. The van der Waals surface area contributed by atoms with E-state index in [9.17, 15) is 32.3 Å². The van der Waals surface area contributed by atoms with Crippen LogP contribution in [-0.2, 0) is 38.3 Å². The van der Waals surface area contributed by atoms with Crippen LogP contribution in [0, 0.1) is 19.3 Å².